The molecular formula is C9H8O3. The fourth-order valence-electron chi connectivity index (χ4n) is 1.07. The third-order valence-electron chi connectivity index (χ3n) is 1.63. The molecule has 1 heterocycles. The van der Waals surface area contributed by atoms with Gasteiger partial charge in [0.25, 0.3) is 0 Å². The third-order valence-corrected chi connectivity index (χ3v) is 1.63. The number of rotatable bonds is 0. The van der Waals surface area contributed by atoms with Crippen LogP contribution >= 0.6 is 0 Å². The molecule has 1 N–H and O–H groups in total. The maximum absolute atomic E-state index is 9.15. The summed E-state index contributed by atoms with van der Waals surface area (Å²) < 4.78 is 10.2. The van der Waals surface area contributed by atoms with Crippen LogP contribution < -0.4 is 4.74 Å². The van der Waals surface area contributed by atoms with Crippen molar-refractivity contribution < 1.29 is 14.6 Å². The number of phenols is 1. The summed E-state index contributed by atoms with van der Waals surface area (Å²) in [5.74, 6) is 0.949. The molecule has 1 aromatic rings. The first kappa shape index (κ1) is 7.03. The Bertz CT molecular complexity index is 318. The monoisotopic (exact) mass is 164 g/mol. The van der Waals surface area contributed by atoms with E-state index in [-0.39, 0.29) is 5.75 Å². The molecule has 3 heteroatoms. The van der Waals surface area contributed by atoms with Gasteiger partial charge in [-0.1, -0.05) is 0 Å². The molecule has 1 aliphatic heterocycles. The smallest absolute Gasteiger partial charge is 0.133 e. The van der Waals surface area contributed by atoms with Crippen LogP contribution in [0.3, 0.4) is 0 Å². The largest absolute Gasteiger partial charge is 0.508 e. The Labute approximate surface area is 69.9 Å². The number of phenolic OH excluding ortho intramolecular Hbond substituents is 1. The second-order valence-corrected chi connectivity index (χ2v) is 2.49. The predicted octanol–water partition coefficient (Wildman–Crippen LogP) is 1.77. The van der Waals surface area contributed by atoms with Gasteiger partial charge in [-0.3, -0.25) is 0 Å². The van der Waals surface area contributed by atoms with Crippen molar-refractivity contribution in [1.82, 2.24) is 0 Å². The zero-order chi connectivity index (χ0) is 8.39. The van der Waals surface area contributed by atoms with Gasteiger partial charge in [-0.25, -0.2) is 0 Å². The summed E-state index contributed by atoms with van der Waals surface area (Å²) in [6, 6.07) is 4.92. The van der Waals surface area contributed by atoms with E-state index < -0.39 is 0 Å². The van der Waals surface area contributed by atoms with E-state index in [2.05, 4.69) is 0 Å². The van der Waals surface area contributed by atoms with Gasteiger partial charge in [0.05, 0.1) is 0 Å². The average Bonchev–Trinajstić information content (AvgIpc) is 2.28. The van der Waals surface area contributed by atoms with Crippen LogP contribution in [0.15, 0.2) is 30.7 Å². The first-order valence-corrected chi connectivity index (χ1v) is 3.61. The van der Waals surface area contributed by atoms with Crippen molar-refractivity contribution in [3.63, 3.8) is 0 Å². The minimum Gasteiger partial charge on any atom is -0.508 e. The van der Waals surface area contributed by atoms with Crippen LogP contribution in [0, 0.1) is 0 Å². The third kappa shape index (κ3) is 1.21. The van der Waals surface area contributed by atoms with Crippen molar-refractivity contribution in [2.45, 2.75) is 6.61 Å². The zero-order valence-electron chi connectivity index (χ0n) is 6.36. The Morgan fingerprint density at radius 2 is 2.17 bits per heavy atom. The molecule has 0 amide bonds. The van der Waals surface area contributed by atoms with Crippen molar-refractivity contribution in [1.29, 1.82) is 0 Å². The average molecular weight is 164 g/mol. The number of fused-ring (bicyclic) bond motifs is 1. The van der Waals surface area contributed by atoms with Gasteiger partial charge in [0, 0.05) is 5.56 Å². The first-order valence-electron chi connectivity index (χ1n) is 3.61. The molecule has 0 saturated heterocycles. The summed E-state index contributed by atoms with van der Waals surface area (Å²) in [6.07, 6.45) is 2.96. The molecule has 0 spiro atoms. The highest BCUT2D eigenvalue weighted by atomic mass is 16.5. The Morgan fingerprint density at radius 1 is 1.25 bits per heavy atom. The molecule has 0 bridgehead atoms. The quantitative estimate of drug-likeness (QED) is 0.635. The Hall–Kier alpha value is -1.64. The highest BCUT2D eigenvalue weighted by molar-refractivity contribution is 5.40. The van der Waals surface area contributed by atoms with Crippen molar-refractivity contribution in [3.8, 4) is 11.5 Å². The molecule has 62 valence electrons. The van der Waals surface area contributed by atoms with Gasteiger partial charge in [-0.15, -0.1) is 0 Å². The summed E-state index contributed by atoms with van der Waals surface area (Å²) in [7, 11) is 0. The van der Waals surface area contributed by atoms with Crippen LogP contribution in [0.5, 0.6) is 11.5 Å². The number of aromatic hydroxyl groups is 1. The summed E-state index contributed by atoms with van der Waals surface area (Å²) in [6.45, 7) is 0.431. The second-order valence-electron chi connectivity index (χ2n) is 2.49. The molecule has 0 aromatic heterocycles. The molecule has 12 heavy (non-hydrogen) atoms. The lowest BCUT2D eigenvalue weighted by Gasteiger charge is -2.04. The molecule has 1 aromatic carbocycles. The second kappa shape index (κ2) is 2.77. The van der Waals surface area contributed by atoms with E-state index >= 15 is 0 Å². The van der Waals surface area contributed by atoms with E-state index in [1.165, 1.54) is 12.5 Å². The van der Waals surface area contributed by atoms with E-state index in [1.54, 1.807) is 18.2 Å². The summed E-state index contributed by atoms with van der Waals surface area (Å²) in [4.78, 5) is 0. The highest BCUT2D eigenvalue weighted by Gasteiger charge is 2.06. The standard InChI is InChI=1S/C9H8O3/c10-8-1-2-9-7(5-8)6-11-3-4-12-9/h1-5,10H,6H2. The lowest BCUT2D eigenvalue weighted by Crippen LogP contribution is -1.87. The lowest BCUT2D eigenvalue weighted by molar-refractivity contribution is 0.237. The molecule has 0 radical (unpaired) electrons. The normalized spacial score (nSPS) is 14.0. The van der Waals surface area contributed by atoms with E-state index in [9.17, 15) is 0 Å². The van der Waals surface area contributed by atoms with Crippen LogP contribution in [0.1, 0.15) is 5.56 Å². The molecule has 1 aliphatic rings. The maximum Gasteiger partial charge on any atom is 0.133 e. The molecule has 0 unspecified atom stereocenters. The molecule has 0 fully saturated rings. The topological polar surface area (TPSA) is 38.7 Å². The number of ether oxygens (including phenoxy) is 2. The van der Waals surface area contributed by atoms with Gasteiger partial charge >= 0.3 is 0 Å². The van der Waals surface area contributed by atoms with Gasteiger partial charge in [0.15, 0.2) is 0 Å². The van der Waals surface area contributed by atoms with Gasteiger partial charge in [0.1, 0.15) is 30.6 Å². The summed E-state index contributed by atoms with van der Waals surface area (Å²) in [5, 5.41) is 9.15. The van der Waals surface area contributed by atoms with Gasteiger partial charge < -0.3 is 14.6 Å². The molecule has 0 aliphatic carbocycles. The SMILES string of the molecule is Oc1ccc2c(c1)COC=CO2. The fraction of sp³-hybridized carbons (Fsp3) is 0.111. The van der Waals surface area contributed by atoms with Gasteiger partial charge in [-0.05, 0) is 18.2 Å². The van der Waals surface area contributed by atoms with Crippen LogP contribution in [-0.2, 0) is 11.3 Å². The number of hydrogen-bond acceptors (Lipinski definition) is 3. The van der Waals surface area contributed by atoms with Crippen molar-refractivity contribution in [2.24, 2.45) is 0 Å². The first-order chi connectivity index (χ1) is 5.86. The van der Waals surface area contributed by atoms with Gasteiger partial charge in [-0.2, -0.15) is 0 Å². The highest BCUT2D eigenvalue weighted by Crippen LogP contribution is 2.25. The molecule has 0 atom stereocenters. The minimum atomic E-state index is 0.225. The number of hydrogen-bond donors (Lipinski definition) is 1. The van der Waals surface area contributed by atoms with Crippen molar-refractivity contribution in [2.75, 3.05) is 0 Å². The minimum absolute atomic E-state index is 0.225. The lowest BCUT2D eigenvalue weighted by atomic mass is 10.2. The summed E-state index contributed by atoms with van der Waals surface area (Å²) in [5.41, 5.74) is 0.847. The number of benzene rings is 1. The molecular weight excluding hydrogens is 156 g/mol. The Balaban J connectivity index is 2.42. The maximum atomic E-state index is 9.15. The predicted molar refractivity (Wildman–Crippen MR) is 42.7 cm³/mol. The fourth-order valence-corrected chi connectivity index (χ4v) is 1.07. The van der Waals surface area contributed by atoms with Crippen LogP contribution in [0.4, 0.5) is 0 Å². The van der Waals surface area contributed by atoms with Crippen molar-refractivity contribution in [3.05, 3.63) is 36.3 Å². The Kier molecular flexibility index (Phi) is 1.63. The molecule has 2 rings (SSSR count). The van der Waals surface area contributed by atoms with Crippen LogP contribution in [0.25, 0.3) is 0 Å². The van der Waals surface area contributed by atoms with E-state index in [1.807, 2.05) is 0 Å². The van der Waals surface area contributed by atoms with Crippen LogP contribution in [-0.4, -0.2) is 5.11 Å². The van der Waals surface area contributed by atoms with Crippen molar-refractivity contribution >= 4 is 0 Å². The van der Waals surface area contributed by atoms with Crippen LogP contribution in [0.2, 0.25) is 0 Å². The van der Waals surface area contributed by atoms with E-state index in [0.29, 0.717) is 6.61 Å². The van der Waals surface area contributed by atoms with E-state index in [0.717, 1.165) is 11.3 Å². The Morgan fingerprint density at radius 3 is 3.08 bits per heavy atom. The van der Waals surface area contributed by atoms with Gasteiger partial charge in [0.2, 0.25) is 0 Å². The molecule has 0 saturated carbocycles. The molecule has 3 nitrogen and oxygen atoms in total. The zero-order valence-corrected chi connectivity index (χ0v) is 6.36. The van der Waals surface area contributed by atoms with E-state index in [4.69, 9.17) is 14.6 Å². The summed E-state index contributed by atoms with van der Waals surface area (Å²) >= 11 is 0.